The first-order chi connectivity index (χ1) is 14.7. The number of aromatic nitrogens is 2. The minimum absolute atomic E-state index is 0.103. The fraction of sp³-hybridized carbons (Fsp3) is 0.174. The van der Waals surface area contributed by atoms with Gasteiger partial charge in [0.2, 0.25) is 0 Å². The van der Waals surface area contributed by atoms with Crippen molar-refractivity contribution in [2.75, 3.05) is 6.54 Å². The lowest BCUT2D eigenvalue weighted by atomic mass is 10.2. The molecule has 4 aromatic rings. The zero-order valence-electron chi connectivity index (χ0n) is 16.5. The molecule has 0 radical (unpaired) electrons. The summed E-state index contributed by atoms with van der Waals surface area (Å²) in [6.45, 7) is 3.00. The maximum absolute atomic E-state index is 12.5. The number of pyridine rings is 1. The smallest absolute Gasteiger partial charge is 0.251 e. The van der Waals surface area contributed by atoms with Gasteiger partial charge in [0.1, 0.15) is 12.4 Å². The van der Waals surface area contributed by atoms with Crippen LogP contribution in [0.4, 0.5) is 0 Å². The second kappa shape index (κ2) is 9.65. The Hall–Kier alpha value is -3.03. The first kappa shape index (κ1) is 20.3. The number of aryl methyl sites for hydroxylation is 1. The number of benzene rings is 1. The van der Waals surface area contributed by atoms with E-state index >= 15 is 0 Å². The highest BCUT2D eigenvalue weighted by molar-refractivity contribution is 7.16. The third-order valence-corrected chi connectivity index (χ3v) is 6.36. The molecule has 0 saturated heterocycles. The maximum Gasteiger partial charge on any atom is 0.251 e. The molecule has 152 valence electrons. The van der Waals surface area contributed by atoms with Crippen molar-refractivity contribution in [3.05, 3.63) is 87.3 Å². The molecule has 0 saturated carbocycles. The second-order valence-corrected chi connectivity index (χ2v) is 8.93. The number of nitrogens with zero attached hydrogens (tertiary/aromatic N) is 2. The van der Waals surface area contributed by atoms with E-state index in [2.05, 4.69) is 32.8 Å². The quantitative estimate of drug-likeness (QED) is 0.417. The molecule has 3 aromatic heterocycles. The predicted molar refractivity (Wildman–Crippen MR) is 121 cm³/mol. The van der Waals surface area contributed by atoms with Gasteiger partial charge in [0, 0.05) is 40.3 Å². The highest BCUT2D eigenvalue weighted by atomic mass is 32.1. The third-order valence-electron chi connectivity index (χ3n) is 4.41. The Morgan fingerprint density at radius 3 is 2.90 bits per heavy atom. The topological polar surface area (TPSA) is 64.1 Å². The van der Waals surface area contributed by atoms with E-state index in [9.17, 15) is 4.79 Å². The van der Waals surface area contributed by atoms with Gasteiger partial charge in [-0.25, -0.2) is 4.98 Å². The number of thiophene rings is 1. The zero-order valence-corrected chi connectivity index (χ0v) is 18.1. The Morgan fingerprint density at radius 2 is 2.10 bits per heavy atom. The molecule has 1 amide bonds. The summed E-state index contributed by atoms with van der Waals surface area (Å²) >= 11 is 3.38. The Morgan fingerprint density at radius 1 is 1.17 bits per heavy atom. The minimum Gasteiger partial charge on any atom is -0.489 e. The molecule has 30 heavy (non-hydrogen) atoms. The van der Waals surface area contributed by atoms with E-state index in [4.69, 9.17) is 4.74 Å². The van der Waals surface area contributed by atoms with Gasteiger partial charge in [-0.3, -0.25) is 9.78 Å². The summed E-state index contributed by atoms with van der Waals surface area (Å²) in [5.74, 6) is 0.557. The molecule has 0 aliphatic heterocycles. The first-order valence-electron chi connectivity index (χ1n) is 9.58. The first-order valence-corrected chi connectivity index (χ1v) is 11.3. The SMILES string of the molecule is Cc1nc(-c2ccc(CCNC(=O)c3cccc(OCc4cccnc4)c3)s2)cs1. The van der Waals surface area contributed by atoms with Crippen LogP contribution in [0.1, 0.15) is 25.8 Å². The van der Waals surface area contributed by atoms with Crippen LogP contribution in [0, 0.1) is 6.92 Å². The van der Waals surface area contributed by atoms with Crippen molar-refractivity contribution in [3.63, 3.8) is 0 Å². The van der Waals surface area contributed by atoms with Gasteiger partial charge in [0.25, 0.3) is 5.91 Å². The van der Waals surface area contributed by atoms with E-state index < -0.39 is 0 Å². The van der Waals surface area contributed by atoms with E-state index in [-0.39, 0.29) is 5.91 Å². The summed E-state index contributed by atoms with van der Waals surface area (Å²) in [6.07, 6.45) is 4.28. The highest BCUT2D eigenvalue weighted by Gasteiger charge is 2.09. The largest absolute Gasteiger partial charge is 0.489 e. The van der Waals surface area contributed by atoms with Gasteiger partial charge < -0.3 is 10.1 Å². The lowest BCUT2D eigenvalue weighted by molar-refractivity contribution is 0.0953. The van der Waals surface area contributed by atoms with Crippen LogP contribution in [-0.4, -0.2) is 22.4 Å². The molecular weight excluding hydrogens is 414 g/mol. The predicted octanol–water partition coefficient (Wildman–Crippen LogP) is 5.13. The third kappa shape index (κ3) is 5.31. The van der Waals surface area contributed by atoms with Crippen LogP contribution < -0.4 is 10.1 Å². The summed E-state index contributed by atoms with van der Waals surface area (Å²) < 4.78 is 5.78. The molecule has 1 N–H and O–H groups in total. The van der Waals surface area contributed by atoms with Crippen molar-refractivity contribution in [1.29, 1.82) is 0 Å². The number of hydrogen-bond donors (Lipinski definition) is 1. The van der Waals surface area contributed by atoms with E-state index in [1.54, 1.807) is 47.2 Å². The average Bonchev–Trinajstić information content (AvgIpc) is 3.42. The number of ether oxygens (including phenoxy) is 1. The Balaban J connectivity index is 1.28. The molecule has 0 bridgehead atoms. The van der Waals surface area contributed by atoms with Gasteiger partial charge in [-0.1, -0.05) is 12.1 Å². The van der Waals surface area contributed by atoms with Crippen LogP contribution in [-0.2, 0) is 13.0 Å². The lowest BCUT2D eigenvalue weighted by Crippen LogP contribution is -2.25. The number of carbonyl (C=O) groups excluding carboxylic acids is 1. The molecule has 0 fully saturated rings. The van der Waals surface area contributed by atoms with Crippen LogP contribution in [0.2, 0.25) is 0 Å². The fourth-order valence-corrected chi connectivity index (χ4v) is 4.56. The van der Waals surface area contributed by atoms with Crippen LogP contribution in [0.25, 0.3) is 10.6 Å². The van der Waals surface area contributed by atoms with Crippen molar-refractivity contribution >= 4 is 28.6 Å². The molecule has 0 aliphatic rings. The Bertz CT molecular complexity index is 1120. The van der Waals surface area contributed by atoms with E-state index in [0.717, 1.165) is 22.7 Å². The molecule has 4 rings (SSSR count). The van der Waals surface area contributed by atoms with Crippen molar-refractivity contribution in [2.24, 2.45) is 0 Å². The van der Waals surface area contributed by atoms with E-state index in [1.165, 1.54) is 9.75 Å². The molecular formula is C23H21N3O2S2. The van der Waals surface area contributed by atoms with Gasteiger partial charge in [-0.2, -0.15) is 0 Å². The summed E-state index contributed by atoms with van der Waals surface area (Å²) in [5, 5.41) is 6.14. The molecule has 0 aliphatic carbocycles. The number of thiazole rings is 1. The van der Waals surface area contributed by atoms with E-state index in [0.29, 0.717) is 24.5 Å². The Kier molecular flexibility index (Phi) is 6.51. The molecule has 3 heterocycles. The van der Waals surface area contributed by atoms with Gasteiger partial charge in [-0.15, -0.1) is 22.7 Å². The fourth-order valence-electron chi connectivity index (χ4n) is 2.91. The molecule has 0 unspecified atom stereocenters. The number of amides is 1. The summed E-state index contributed by atoms with van der Waals surface area (Å²) in [7, 11) is 0. The van der Waals surface area contributed by atoms with Crippen LogP contribution in [0.3, 0.4) is 0 Å². The average molecular weight is 436 g/mol. The summed E-state index contributed by atoms with van der Waals surface area (Å²) in [6, 6.07) is 15.3. The summed E-state index contributed by atoms with van der Waals surface area (Å²) in [5.41, 5.74) is 2.60. The van der Waals surface area contributed by atoms with Crippen molar-refractivity contribution in [2.45, 2.75) is 20.0 Å². The number of rotatable bonds is 8. The number of carbonyl (C=O) groups is 1. The second-order valence-electron chi connectivity index (χ2n) is 6.70. The zero-order chi connectivity index (χ0) is 20.8. The van der Waals surface area contributed by atoms with Crippen LogP contribution in [0.5, 0.6) is 5.75 Å². The molecule has 5 nitrogen and oxygen atoms in total. The number of nitrogens with one attached hydrogen (secondary N) is 1. The van der Waals surface area contributed by atoms with Crippen molar-refractivity contribution in [3.8, 4) is 16.3 Å². The van der Waals surface area contributed by atoms with Crippen molar-refractivity contribution in [1.82, 2.24) is 15.3 Å². The maximum atomic E-state index is 12.5. The minimum atomic E-state index is -0.103. The Labute approximate surface area is 183 Å². The van der Waals surface area contributed by atoms with Crippen molar-refractivity contribution < 1.29 is 9.53 Å². The highest BCUT2D eigenvalue weighted by Crippen LogP contribution is 2.29. The monoisotopic (exact) mass is 435 g/mol. The van der Waals surface area contributed by atoms with Gasteiger partial charge in [0.15, 0.2) is 0 Å². The van der Waals surface area contributed by atoms with E-state index in [1.807, 2.05) is 31.2 Å². The van der Waals surface area contributed by atoms with Gasteiger partial charge in [0.05, 0.1) is 15.6 Å². The van der Waals surface area contributed by atoms with Crippen LogP contribution in [0.15, 0.2) is 66.3 Å². The molecule has 7 heteroatoms. The molecule has 0 spiro atoms. The van der Waals surface area contributed by atoms with Gasteiger partial charge in [-0.05, 0) is 49.7 Å². The summed E-state index contributed by atoms with van der Waals surface area (Å²) in [4.78, 5) is 23.5. The van der Waals surface area contributed by atoms with Crippen LogP contribution >= 0.6 is 22.7 Å². The lowest BCUT2D eigenvalue weighted by Gasteiger charge is -2.08. The standard InChI is InChI=1S/C23H21N3O2S2/c1-16-26-21(15-29-16)22-8-7-20(30-22)9-11-25-23(27)18-5-2-6-19(12-18)28-14-17-4-3-10-24-13-17/h2-8,10,12-13,15H,9,11,14H2,1H3,(H,25,27). The number of hydrogen-bond acceptors (Lipinski definition) is 6. The normalized spacial score (nSPS) is 10.7. The molecule has 1 aromatic carbocycles. The van der Waals surface area contributed by atoms with Gasteiger partial charge >= 0.3 is 0 Å². The molecule has 0 atom stereocenters.